The molecule has 0 aromatic heterocycles. The zero-order chi connectivity index (χ0) is 19.1. The molecular weight excluding hydrogens is 342 g/mol. The number of hydrogen-bond donors (Lipinski definition) is 3. The largest absolute Gasteiger partial charge is 0.388 e. The summed E-state index contributed by atoms with van der Waals surface area (Å²) in [5.41, 5.74) is -0.128. The molecule has 0 saturated carbocycles. The molecule has 1 amide bonds. The molecule has 2 heterocycles. The molecule has 2 atom stereocenters. The third kappa shape index (κ3) is 5.75. The molecule has 0 unspecified atom stereocenters. The number of β-amino-alcohol motifs (C(OH)–C–C–N with tert-alkyl or cyclic N) is 2. The van der Waals surface area contributed by atoms with E-state index in [1.807, 2.05) is 30.3 Å². The van der Waals surface area contributed by atoms with Crippen LogP contribution in [0.1, 0.15) is 31.2 Å². The van der Waals surface area contributed by atoms with E-state index in [9.17, 15) is 15.0 Å². The highest BCUT2D eigenvalue weighted by Gasteiger charge is 2.45. The van der Waals surface area contributed by atoms with Gasteiger partial charge in [-0.05, 0) is 57.4 Å². The van der Waals surface area contributed by atoms with Crippen LogP contribution in [0.5, 0.6) is 0 Å². The first-order valence-electron chi connectivity index (χ1n) is 10.2. The summed E-state index contributed by atoms with van der Waals surface area (Å²) in [6.07, 6.45) is 3.81. The van der Waals surface area contributed by atoms with Crippen LogP contribution in [0.3, 0.4) is 0 Å². The van der Waals surface area contributed by atoms with E-state index >= 15 is 0 Å². The van der Waals surface area contributed by atoms with Gasteiger partial charge in [-0.25, -0.2) is 0 Å². The number of benzene rings is 1. The van der Waals surface area contributed by atoms with E-state index in [0.29, 0.717) is 19.4 Å². The van der Waals surface area contributed by atoms with Gasteiger partial charge in [0.15, 0.2) is 0 Å². The maximum atomic E-state index is 12.5. The molecule has 6 heteroatoms. The van der Waals surface area contributed by atoms with Gasteiger partial charge in [-0.3, -0.25) is 4.79 Å². The number of likely N-dealkylation sites (tertiary alicyclic amines) is 2. The number of aryl methyl sites for hydroxylation is 1. The van der Waals surface area contributed by atoms with Crippen molar-refractivity contribution in [3.05, 3.63) is 35.9 Å². The Hall–Kier alpha value is -1.47. The van der Waals surface area contributed by atoms with Crippen molar-refractivity contribution in [2.45, 2.75) is 43.8 Å². The molecule has 0 bridgehead atoms. The molecule has 2 fully saturated rings. The fourth-order valence-corrected chi connectivity index (χ4v) is 4.04. The quantitative estimate of drug-likeness (QED) is 0.552. The van der Waals surface area contributed by atoms with E-state index < -0.39 is 11.7 Å². The van der Waals surface area contributed by atoms with E-state index in [4.69, 9.17) is 0 Å². The van der Waals surface area contributed by atoms with Crippen LogP contribution in [0.2, 0.25) is 0 Å². The van der Waals surface area contributed by atoms with Crippen molar-refractivity contribution in [3.63, 3.8) is 0 Å². The number of carbonyl (C=O) groups excluding carboxylic acids is 1. The summed E-state index contributed by atoms with van der Waals surface area (Å²) in [5.74, 6) is -0.0112. The van der Waals surface area contributed by atoms with Gasteiger partial charge in [-0.15, -0.1) is 0 Å². The molecule has 0 radical (unpaired) electrons. The van der Waals surface area contributed by atoms with Crippen LogP contribution in [0.25, 0.3) is 0 Å². The zero-order valence-electron chi connectivity index (χ0n) is 16.1. The van der Waals surface area contributed by atoms with Gasteiger partial charge < -0.3 is 25.3 Å². The Morgan fingerprint density at radius 3 is 2.70 bits per heavy atom. The molecule has 3 N–H and O–H groups in total. The van der Waals surface area contributed by atoms with Crippen molar-refractivity contribution < 1.29 is 15.0 Å². The topological polar surface area (TPSA) is 76.0 Å². The van der Waals surface area contributed by atoms with Crippen LogP contribution >= 0.6 is 0 Å². The van der Waals surface area contributed by atoms with Gasteiger partial charge in [0, 0.05) is 19.5 Å². The first-order valence-corrected chi connectivity index (χ1v) is 10.2. The molecule has 1 aromatic rings. The molecule has 2 aliphatic rings. The lowest BCUT2D eigenvalue weighted by atomic mass is 10.0. The molecule has 1 aromatic carbocycles. The number of amides is 1. The van der Waals surface area contributed by atoms with Crippen LogP contribution in [-0.4, -0.2) is 83.4 Å². The average Bonchev–Trinajstić information content (AvgIpc) is 3.29. The molecule has 0 aliphatic carbocycles. The monoisotopic (exact) mass is 375 g/mol. The molecule has 150 valence electrons. The van der Waals surface area contributed by atoms with Crippen molar-refractivity contribution in [1.29, 1.82) is 0 Å². The normalized spacial score (nSPS) is 26.0. The molecule has 2 aliphatic heterocycles. The summed E-state index contributed by atoms with van der Waals surface area (Å²) in [4.78, 5) is 16.5. The van der Waals surface area contributed by atoms with E-state index in [1.54, 1.807) is 4.90 Å². The third-order valence-electron chi connectivity index (χ3n) is 5.76. The highest BCUT2D eigenvalue weighted by atomic mass is 16.3. The van der Waals surface area contributed by atoms with E-state index in [1.165, 1.54) is 25.9 Å². The Balaban J connectivity index is 1.37. The maximum Gasteiger partial charge on any atom is 0.223 e. The number of rotatable bonds is 9. The second-order valence-corrected chi connectivity index (χ2v) is 7.96. The van der Waals surface area contributed by atoms with Crippen molar-refractivity contribution in [2.24, 2.45) is 0 Å². The number of aliphatic hydroxyl groups is 2. The summed E-state index contributed by atoms with van der Waals surface area (Å²) < 4.78 is 0. The Morgan fingerprint density at radius 1 is 1.22 bits per heavy atom. The van der Waals surface area contributed by atoms with Crippen LogP contribution in [0, 0.1) is 0 Å². The van der Waals surface area contributed by atoms with Crippen molar-refractivity contribution in [3.8, 4) is 0 Å². The van der Waals surface area contributed by atoms with Gasteiger partial charge in [0.1, 0.15) is 11.7 Å². The Morgan fingerprint density at radius 2 is 1.96 bits per heavy atom. The van der Waals surface area contributed by atoms with Crippen molar-refractivity contribution >= 4 is 5.91 Å². The summed E-state index contributed by atoms with van der Waals surface area (Å²) in [7, 11) is 0. The average molecular weight is 376 g/mol. The van der Waals surface area contributed by atoms with Gasteiger partial charge in [-0.2, -0.15) is 0 Å². The predicted octanol–water partition coefficient (Wildman–Crippen LogP) is 0.629. The summed E-state index contributed by atoms with van der Waals surface area (Å²) in [5, 5.41) is 24.3. The number of nitrogens with zero attached hydrogens (tertiary/aromatic N) is 2. The van der Waals surface area contributed by atoms with Gasteiger partial charge in [0.05, 0.1) is 6.54 Å². The minimum atomic E-state index is -1.25. The standard InChI is InChI=1S/C21H33N3O3/c25-19-15-24(20(26)10-9-18-7-2-1-3-8-18)17-21(19,27)16-22-11-6-14-23-12-4-5-13-23/h1-3,7-8,19,22,25,27H,4-6,9-17H2/t19-,21+/m1/s1. The van der Waals surface area contributed by atoms with Crippen LogP contribution in [0.4, 0.5) is 0 Å². The lowest BCUT2D eigenvalue weighted by Crippen LogP contribution is -2.50. The first kappa shape index (κ1) is 20.3. The smallest absolute Gasteiger partial charge is 0.223 e. The predicted molar refractivity (Wildman–Crippen MR) is 105 cm³/mol. The summed E-state index contributed by atoms with van der Waals surface area (Å²) in [6.45, 7) is 5.01. The van der Waals surface area contributed by atoms with Crippen LogP contribution in [0.15, 0.2) is 30.3 Å². The number of carbonyl (C=O) groups is 1. The molecule has 0 spiro atoms. The van der Waals surface area contributed by atoms with E-state index in [0.717, 1.165) is 25.1 Å². The lowest BCUT2D eigenvalue weighted by molar-refractivity contribution is -0.131. The molecule has 6 nitrogen and oxygen atoms in total. The number of aliphatic hydroxyl groups excluding tert-OH is 1. The number of hydrogen-bond acceptors (Lipinski definition) is 5. The molecule has 2 saturated heterocycles. The van der Waals surface area contributed by atoms with Crippen LogP contribution < -0.4 is 5.32 Å². The summed E-state index contributed by atoms with van der Waals surface area (Å²) in [6, 6.07) is 9.91. The van der Waals surface area contributed by atoms with Crippen molar-refractivity contribution in [2.75, 3.05) is 45.8 Å². The SMILES string of the molecule is O=C(CCc1ccccc1)N1C[C@@H](O)[C@](O)(CNCCCN2CCCC2)C1. The fourth-order valence-electron chi connectivity index (χ4n) is 4.04. The van der Waals surface area contributed by atoms with E-state index in [-0.39, 0.29) is 19.0 Å². The second-order valence-electron chi connectivity index (χ2n) is 7.96. The molecular formula is C21H33N3O3. The Kier molecular flexibility index (Phi) is 7.24. The maximum absolute atomic E-state index is 12.5. The lowest BCUT2D eigenvalue weighted by Gasteiger charge is -2.26. The minimum absolute atomic E-state index is 0.0112. The molecule has 27 heavy (non-hydrogen) atoms. The van der Waals surface area contributed by atoms with Gasteiger partial charge in [-0.1, -0.05) is 30.3 Å². The fraction of sp³-hybridized carbons (Fsp3) is 0.667. The Labute approximate surface area is 162 Å². The van der Waals surface area contributed by atoms with Gasteiger partial charge in [0.25, 0.3) is 0 Å². The first-order chi connectivity index (χ1) is 13.1. The minimum Gasteiger partial charge on any atom is -0.388 e. The number of nitrogens with one attached hydrogen (secondary N) is 1. The van der Waals surface area contributed by atoms with Crippen molar-refractivity contribution in [1.82, 2.24) is 15.1 Å². The summed E-state index contributed by atoms with van der Waals surface area (Å²) >= 11 is 0. The molecule has 3 rings (SSSR count). The zero-order valence-corrected chi connectivity index (χ0v) is 16.1. The van der Waals surface area contributed by atoms with E-state index in [2.05, 4.69) is 10.2 Å². The highest BCUT2D eigenvalue weighted by Crippen LogP contribution is 2.22. The van der Waals surface area contributed by atoms with Crippen LogP contribution in [-0.2, 0) is 11.2 Å². The highest BCUT2D eigenvalue weighted by molar-refractivity contribution is 5.77. The second kappa shape index (κ2) is 9.64. The third-order valence-corrected chi connectivity index (χ3v) is 5.76. The van der Waals surface area contributed by atoms with Gasteiger partial charge >= 0.3 is 0 Å². The van der Waals surface area contributed by atoms with Gasteiger partial charge in [0.2, 0.25) is 5.91 Å². The Bertz CT molecular complexity index is 592.